The summed E-state index contributed by atoms with van der Waals surface area (Å²) < 4.78 is 5.61. The van der Waals surface area contributed by atoms with E-state index >= 15 is 0 Å². The van der Waals surface area contributed by atoms with E-state index in [9.17, 15) is 4.79 Å². The second-order valence-electron chi connectivity index (χ2n) is 5.98. The van der Waals surface area contributed by atoms with E-state index in [-0.39, 0.29) is 5.91 Å². The van der Waals surface area contributed by atoms with Crippen molar-refractivity contribution in [2.75, 3.05) is 30.9 Å². The monoisotopic (exact) mass is 326 g/mol. The fourth-order valence-corrected chi connectivity index (χ4v) is 2.79. The summed E-state index contributed by atoms with van der Waals surface area (Å²) in [5.74, 6) is -0.230. The molecule has 0 atom stereocenters. The third kappa shape index (κ3) is 2.50. The highest BCUT2D eigenvalue weighted by Gasteiger charge is 2.21. The molecule has 0 saturated heterocycles. The predicted octanol–water partition coefficient (Wildman–Crippen LogP) is 1.51. The molecule has 0 unspecified atom stereocenters. The first-order chi connectivity index (χ1) is 11.6. The highest BCUT2D eigenvalue weighted by atomic mass is 16.4. The summed E-state index contributed by atoms with van der Waals surface area (Å²) in [7, 11) is 3.73. The number of benzene rings is 1. The number of carbonyl (C=O) groups excluding carboxylic acids is 1. The fourth-order valence-electron chi connectivity index (χ4n) is 2.79. The van der Waals surface area contributed by atoms with Crippen LogP contribution >= 0.6 is 0 Å². The molecule has 0 saturated carbocycles. The minimum Gasteiger partial charge on any atom is -0.423 e. The quantitative estimate of drug-likeness (QED) is 0.675. The summed E-state index contributed by atoms with van der Waals surface area (Å²) in [4.78, 5) is 18.7. The summed E-state index contributed by atoms with van der Waals surface area (Å²) in [6.45, 7) is 1.55. The number of nitrogens with zero attached hydrogens (tertiary/aromatic N) is 3. The number of oxazole rings is 1. The molecule has 0 fully saturated rings. The Labute approximate surface area is 138 Å². The Morgan fingerprint density at radius 3 is 3.08 bits per heavy atom. The molecule has 1 aliphatic rings. The topological polar surface area (TPSA) is 99.1 Å². The number of hydrogen-bond acceptors (Lipinski definition) is 6. The zero-order chi connectivity index (χ0) is 16.7. The van der Waals surface area contributed by atoms with Gasteiger partial charge in [-0.1, -0.05) is 0 Å². The van der Waals surface area contributed by atoms with E-state index in [1.165, 1.54) is 0 Å². The van der Waals surface area contributed by atoms with Gasteiger partial charge < -0.3 is 20.0 Å². The van der Waals surface area contributed by atoms with Crippen molar-refractivity contribution in [2.24, 2.45) is 0 Å². The maximum atomic E-state index is 12.5. The van der Waals surface area contributed by atoms with E-state index in [0.29, 0.717) is 35.0 Å². The van der Waals surface area contributed by atoms with Gasteiger partial charge in [-0.15, -0.1) is 0 Å². The van der Waals surface area contributed by atoms with Gasteiger partial charge in [0.2, 0.25) is 0 Å². The lowest BCUT2D eigenvalue weighted by atomic mass is 10.1. The van der Waals surface area contributed by atoms with Gasteiger partial charge in [0.05, 0.1) is 0 Å². The molecule has 124 valence electrons. The molecular formula is C16H18N6O2. The lowest BCUT2D eigenvalue weighted by Crippen LogP contribution is -2.25. The summed E-state index contributed by atoms with van der Waals surface area (Å²) in [5.41, 5.74) is 4.44. The van der Waals surface area contributed by atoms with E-state index in [2.05, 4.69) is 25.8 Å². The molecule has 24 heavy (non-hydrogen) atoms. The Hall–Kier alpha value is -2.87. The van der Waals surface area contributed by atoms with Crippen molar-refractivity contribution in [2.45, 2.75) is 13.0 Å². The van der Waals surface area contributed by atoms with Crippen molar-refractivity contribution in [3.63, 3.8) is 0 Å². The van der Waals surface area contributed by atoms with Gasteiger partial charge in [0.25, 0.3) is 11.9 Å². The molecule has 4 rings (SSSR count). The first-order valence-corrected chi connectivity index (χ1v) is 7.78. The normalized spacial score (nSPS) is 13.8. The largest absolute Gasteiger partial charge is 0.423 e. The second kappa shape index (κ2) is 5.64. The number of hydrogen-bond donors (Lipinski definition) is 3. The molecule has 8 heteroatoms. The highest BCUT2D eigenvalue weighted by Crippen LogP contribution is 2.24. The lowest BCUT2D eigenvalue weighted by molar-refractivity contribution is 0.102. The molecule has 1 aliphatic heterocycles. The van der Waals surface area contributed by atoms with Crippen molar-refractivity contribution in [3.05, 3.63) is 35.2 Å². The van der Waals surface area contributed by atoms with E-state index in [0.717, 1.165) is 24.2 Å². The zero-order valence-electron chi connectivity index (χ0n) is 13.5. The maximum Gasteiger partial charge on any atom is 0.297 e. The molecule has 3 aromatic rings. The maximum absolute atomic E-state index is 12.5. The molecule has 1 aromatic carbocycles. The van der Waals surface area contributed by atoms with Gasteiger partial charge in [0.15, 0.2) is 11.3 Å². The first-order valence-electron chi connectivity index (χ1n) is 7.78. The van der Waals surface area contributed by atoms with Crippen LogP contribution in [0.4, 0.5) is 11.7 Å². The van der Waals surface area contributed by atoms with E-state index < -0.39 is 0 Å². The molecule has 0 bridgehead atoms. The number of nitrogens with one attached hydrogen (secondary N) is 3. The van der Waals surface area contributed by atoms with Gasteiger partial charge in [-0.3, -0.25) is 9.89 Å². The highest BCUT2D eigenvalue weighted by molar-refractivity contribution is 6.04. The van der Waals surface area contributed by atoms with Crippen LogP contribution in [0.15, 0.2) is 22.6 Å². The van der Waals surface area contributed by atoms with E-state index in [1.807, 2.05) is 14.1 Å². The van der Waals surface area contributed by atoms with Crippen molar-refractivity contribution in [1.29, 1.82) is 0 Å². The van der Waals surface area contributed by atoms with Crippen LogP contribution in [0.25, 0.3) is 11.1 Å². The molecule has 0 aliphatic carbocycles. The number of H-pyrrole nitrogens is 1. The van der Waals surface area contributed by atoms with Crippen molar-refractivity contribution >= 4 is 28.7 Å². The summed E-state index contributed by atoms with van der Waals surface area (Å²) in [6.07, 6.45) is 0.855. The molecule has 2 aromatic heterocycles. The van der Waals surface area contributed by atoms with Crippen LogP contribution in [0.1, 0.15) is 21.7 Å². The third-order valence-corrected chi connectivity index (χ3v) is 4.04. The third-order valence-electron chi connectivity index (χ3n) is 4.04. The summed E-state index contributed by atoms with van der Waals surface area (Å²) in [5, 5.41) is 13.3. The second-order valence-corrected chi connectivity index (χ2v) is 5.98. The number of fused-ring (bicyclic) bond motifs is 2. The van der Waals surface area contributed by atoms with Crippen LogP contribution in [0.5, 0.6) is 0 Å². The summed E-state index contributed by atoms with van der Waals surface area (Å²) >= 11 is 0. The molecule has 0 spiro atoms. The minimum absolute atomic E-state index is 0.230. The molecule has 3 N–H and O–H groups in total. The Bertz CT molecular complexity index is 911. The molecular weight excluding hydrogens is 308 g/mol. The molecule has 1 amide bonds. The van der Waals surface area contributed by atoms with Crippen LogP contribution in [0.2, 0.25) is 0 Å². The number of anilines is 2. The van der Waals surface area contributed by atoms with Crippen LogP contribution in [0, 0.1) is 0 Å². The smallest absolute Gasteiger partial charge is 0.297 e. The molecule has 3 heterocycles. The standard InChI is InChI=1S/C16H18N6O2/c1-22(2)16-19-12-7-9(3-4-13(12)24-16)18-15(23)14-10-8-17-6-5-11(10)20-21-14/h3-4,7,17H,5-6,8H2,1-2H3,(H,18,23)(H,20,21). The average molecular weight is 326 g/mol. The minimum atomic E-state index is -0.230. The average Bonchev–Trinajstić information content (AvgIpc) is 3.18. The first kappa shape index (κ1) is 14.7. The number of aromatic nitrogens is 3. The van der Waals surface area contributed by atoms with Crippen molar-refractivity contribution in [1.82, 2.24) is 20.5 Å². The van der Waals surface area contributed by atoms with Gasteiger partial charge in [-0.05, 0) is 18.2 Å². The lowest BCUT2D eigenvalue weighted by Gasteiger charge is -2.12. The van der Waals surface area contributed by atoms with Crippen LogP contribution in [-0.4, -0.2) is 41.7 Å². The number of amides is 1. The summed E-state index contributed by atoms with van der Waals surface area (Å²) in [6, 6.07) is 5.91. The van der Waals surface area contributed by atoms with E-state index in [1.54, 1.807) is 23.1 Å². The number of carbonyl (C=O) groups is 1. The Balaban J connectivity index is 1.59. The predicted molar refractivity (Wildman–Crippen MR) is 90.3 cm³/mol. The Morgan fingerprint density at radius 2 is 2.25 bits per heavy atom. The molecule has 8 nitrogen and oxygen atoms in total. The zero-order valence-corrected chi connectivity index (χ0v) is 13.5. The van der Waals surface area contributed by atoms with Crippen LogP contribution in [-0.2, 0) is 13.0 Å². The van der Waals surface area contributed by atoms with Crippen molar-refractivity contribution < 1.29 is 9.21 Å². The molecule has 0 radical (unpaired) electrons. The van der Waals surface area contributed by atoms with Gasteiger partial charge in [-0.2, -0.15) is 10.1 Å². The van der Waals surface area contributed by atoms with Crippen molar-refractivity contribution in [3.8, 4) is 0 Å². The SMILES string of the molecule is CN(C)c1nc2cc(NC(=O)c3n[nH]c4c3CNCC4)ccc2o1. The van der Waals surface area contributed by atoms with Crippen LogP contribution in [0.3, 0.4) is 0 Å². The van der Waals surface area contributed by atoms with Gasteiger partial charge in [0.1, 0.15) is 5.52 Å². The van der Waals surface area contributed by atoms with Gasteiger partial charge in [-0.25, -0.2) is 0 Å². The fraction of sp³-hybridized carbons (Fsp3) is 0.312. The number of aromatic amines is 1. The van der Waals surface area contributed by atoms with Gasteiger partial charge >= 0.3 is 0 Å². The Morgan fingerprint density at radius 1 is 1.38 bits per heavy atom. The van der Waals surface area contributed by atoms with Crippen LogP contribution < -0.4 is 15.5 Å². The number of rotatable bonds is 3. The Kier molecular flexibility index (Phi) is 3.46. The van der Waals surface area contributed by atoms with E-state index in [4.69, 9.17) is 4.42 Å². The van der Waals surface area contributed by atoms with Gasteiger partial charge in [0, 0.05) is 50.6 Å².